The van der Waals surface area contributed by atoms with E-state index in [0.717, 1.165) is 30.4 Å². The number of hydrogen-bond acceptors (Lipinski definition) is 3. The second kappa shape index (κ2) is 7.75. The molecule has 1 saturated carbocycles. The molecule has 0 aliphatic heterocycles. The molecule has 1 spiro atoms. The normalized spacial score (nSPS) is 25.7. The van der Waals surface area contributed by atoms with Crippen molar-refractivity contribution in [3.8, 4) is 0 Å². The summed E-state index contributed by atoms with van der Waals surface area (Å²) >= 11 is 0. The Morgan fingerprint density at radius 3 is 2.61 bits per heavy atom. The molecule has 2 aromatic carbocycles. The monoisotopic (exact) mass is 374 g/mol. The van der Waals surface area contributed by atoms with Gasteiger partial charge in [0, 0.05) is 0 Å². The number of ketones is 1. The molecule has 3 atom stereocenters. The van der Waals surface area contributed by atoms with Gasteiger partial charge in [-0.3, -0.25) is 9.59 Å². The van der Waals surface area contributed by atoms with E-state index in [9.17, 15) is 9.59 Å². The standard InChI is InChI=1S/C25H26O3/c1-2-28-24(27)23-20(13-12-18-8-4-3-5-9-18)16-17-25(23)21-11-7-6-10-19(21)14-15-22(25)26/h3-11,14-15,20,23H,2,12-13,16-17H2,1H3/t20-,23-,25+/m0/s1. The highest BCUT2D eigenvalue weighted by Crippen LogP contribution is 2.54. The van der Waals surface area contributed by atoms with Crippen LogP contribution in [0.1, 0.15) is 42.9 Å². The Balaban J connectivity index is 1.70. The molecule has 0 unspecified atom stereocenters. The number of esters is 1. The number of aryl methyl sites for hydroxylation is 1. The van der Waals surface area contributed by atoms with Gasteiger partial charge >= 0.3 is 5.97 Å². The van der Waals surface area contributed by atoms with Crippen LogP contribution in [0.5, 0.6) is 0 Å². The first kappa shape index (κ1) is 18.7. The fraction of sp³-hybridized carbons (Fsp3) is 0.360. The number of benzene rings is 2. The van der Waals surface area contributed by atoms with E-state index in [4.69, 9.17) is 4.74 Å². The van der Waals surface area contributed by atoms with Crippen LogP contribution in [0.15, 0.2) is 60.7 Å². The molecule has 0 amide bonds. The predicted molar refractivity (Wildman–Crippen MR) is 110 cm³/mol. The average Bonchev–Trinajstić information content (AvgIpc) is 3.11. The second-order valence-corrected chi connectivity index (χ2v) is 7.81. The lowest BCUT2D eigenvalue weighted by Crippen LogP contribution is -2.46. The first-order chi connectivity index (χ1) is 13.7. The highest BCUT2D eigenvalue weighted by Gasteiger charge is 2.58. The molecule has 3 nitrogen and oxygen atoms in total. The lowest BCUT2D eigenvalue weighted by molar-refractivity contribution is -0.153. The second-order valence-electron chi connectivity index (χ2n) is 7.81. The molecule has 2 aliphatic rings. The number of hydrogen-bond donors (Lipinski definition) is 0. The van der Waals surface area contributed by atoms with Crippen molar-refractivity contribution in [2.75, 3.05) is 6.61 Å². The van der Waals surface area contributed by atoms with Crippen molar-refractivity contribution < 1.29 is 14.3 Å². The zero-order chi connectivity index (χ0) is 19.6. The van der Waals surface area contributed by atoms with Crippen LogP contribution in [-0.4, -0.2) is 18.4 Å². The van der Waals surface area contributed by atoms with Crippen LogP contribution in [0.4, 0.5) is 0 Å². The van der Waals surface area contributed by atoms with E-state index in [2.05, 4.69) is 12.1 Å². The molecule has 0 bridgehead atoms. The van der Waals surface area contributed by atoms with Gasteiger partial charge in [0.2, 0.25) is 0 Å². The Bertz CT molecular complexity index is 899. The number of ether oxygens (including phenoxy) is 1. The van der Waals surface area contributed by atoms with Crippen molar-refractivity contribution >= 4 is 17.8 Å². The SMILES string of the molecule is CCOC(=O)[C@@H]1[C@@H](CCc2ccccc2)CC[C@@]12C(=O)C=Cc1ccccc12. The van der Waals surface area contributed by atoms with Crippen LogP contribution in [0.25, 0.3) is 6.08 Å². The van der Waals surface area contributed by atoms with Crippen molar-refractivity contribution in [1.29, 1.82) is 0 Å². The van der Waals surface area contributed by atoms with Crippen molar-refractivity contribution in [3.63, 3.8) is 0 Å². The molecule has 0 saturated heterocycles. The quantitative estimate of drug-likeness (QED) is 0.710. The summed E-state index contributed by atoms with van der Waals surface area (Å²) < 4.78 is 5.48. The van der Waals surface area contributed by atoms with Gasteiger partial charge in [0.1, 0.15) is 0 Å². The summed E-state index contributed by atoms with van der Waals surface area (Å²) in [5.74, 6) is -0.458. The van der Waals surface area contributed by atoms with Gasteiger partial charge in [0.25, 0.3) is 0 Å². The van der Waals surface area contributed by atoms with Crippen LogP contribution < -0.4 is 0 Å². The molecule has 28 heavy (non-hydrogen) atoms. The number of fused-ring (bicyclic) bond motifs is 2. The van der Waals surface area contributed by atoms with Gasteiger partial charge in [-0.25, -0.2) is 0 Å². The maximum Gasteiger partial charge on any atom is 0.310 e. The van der Waals surface area contributed by atoms with E-state index in [0.29, 0.717) is 13.0 Å². The minimum absolute atomic E-state index is 0.0477. The van der Waals surface area contributed by atoms with Gasteiger partial charge in [-0.2, -0.15) is 0 Å². The van der Waals surface area contributed by atoms with Gasteiger partial charge < -0.3 is 4.74 Å². The van der Waals surface area contributed by atoms with Crippen molar-refractivity contribution in [2.45, 2.75) is 38.0 Å². The first-order valence-electron chi connectivity index (χ1n) is 10.2. The number of allylic oxidation sites excluding steroid dienone is 1. The predicted octanol–water partition coefficient (Wildman–Crippen LogP) is 4.74. The highest BCUT2D eigenvalue weighted by atomic mass is 16.5. The number of rotatable bonds is 5. The molecule has 144 valence electrons. The molecule has 4 rings (SSSR count). The molecule has 0 heterocycles. The molecule has 2 aliphatic carbocycles. The van der Waals surface area contributed by atoms with Crippen LogP contribution in [0.3, 0.4) is 0 Å². The average molecular weight is 374 g/mol. The number of carbonyl (C=O) groups excluding carboxylic acids is 2. The first-order valence-corrected chi connectivity index (χ1v) is 10.2. The molecular formula is C25H26O3. The van der Waals surface area contributed by atoms with E-state index in [1.54, 1.807) is 6.08 Å². The molecule has 0 N–H and O–H groups in total. The summed E-state index contributed by atoms with van der Waals surface area (Å²) in [5.41, 5.74) is 2.52. The lowest BCUT2D eigenvalue weighted by Gasteiger charge is -2.37. The molecule has 0 aromatic heterocycles. The third-order valence-electron chi connectivity index (χ3n) is 6.39. The van der Waals surface area contributed by atoms with Gasteiger partial charge in [-0.05, 0) is 61.3 Å². The minimum atomic E-state index is -0.779. The van der Waals surface area contributed by atoms with Crippen molar-refractivity contribution in [1.82, 2.24) is 0 Å². The van der Waals surface area contributed by atoms with E-state index in [1.807, 2.05) is 55.5 Å². The van der Waals surface area contributed by atoms with E-state index >= 15 is 0 Å². The summed E-state index contributed by atoms with van der Waals surface area (Å²) in [6.45, 7) is 2.16. The minimum Gasteiger partial charge on any atom is -0.466 e. The molecule has 2 aromatic rings. The maximum atomic E-state index is 13.2. The van der Waals surface area contributed by atoms with E-state index in [-0.39, 0.29) is 17.7 Å². The van der Waals surface area contributed by atoms with Crippen LogP contribution in [0.2, 0.25) is 0 Å². The van der Waals surface area contributed by atoms with Crippen LogP contribution >= 0.6 is 0 Å². The zero-order valence-electron chi connectivity index (χ0n) is 16.3. The Kier molecular flexibility index (Phi) is 5.17. The van der Waals surface area contributed by atoms with Crippen LogP contribution in [-0.2, 0) is 26.2 Å². The van der Waals surface area contributed by atoms with Gasteiger partial charge in [0.15, 0.2) is 5.78 Å². The maximum absolute atomic E-state index is 13.2. The summed E-state index contributed by atoms with van der Waals surface area (Å²) in [7, 11) is 0. The highest BCUT2D eigenvalue weighted by molar-refractivity contribution is 6.08. The summed E-state index contributed by atoms with van der Waals surface area (Å²) in [4.78, 5) is 26.3. The van der Waals surface area contributed by atoms with Crippen LogP contribution in [0, 0.1) is 11.8 Å². The fourth-order valence-corrected chi connectivity index (χ4v) is 5.15. The Morgan fingerprint density at radius 2 is 1.82 bits per heavy atom. The summed E-state index contributed by atoms with van der Waals surface area (Å²) in [5, 5.41) is 0. The smallest absolute Gasteiger partial charge is 0.310 e. The Labute approximate surface area is 166 Å². The molecule has 0 radical (unpaired) electrons. The van der Waals surface area contributed by atoms with Crippen molar-refractivity contribution in [2.24, 2.45) is 11.8 Å². The Hall–Kier alpha value is -2.68. The number of carbonyl (C=O) groups is 2. The third kappa shape index (κ3) is 3.09. The van der Waals surface area contributed by atoms with E-state index in [1.165, 1.54) is 5.56 Å². The largest absolute Gasteiger partial charge is 0.466 e. The zero-order valence-corrected chi connectivity index (χ0v) is 16.3. The summed E-state index contributed by atoms with van der Waals surface area (Å²) in [6, 6.07) is 18.3. The lowest BCUT2D eigenvalue weighted by atomic mass is 9.64. The topological polar surface area (TPSA) is 43.4 Å². The third-order valence-corrected chi connectivity index (χ3v) is 6.39. The summed E-state index contributed by atoms with van der Waals surface area (Å²) in [6.07, 6.45) is 6.90. The van der Waals surface area contributed by atoms with Crippen molar-refractivity contribution in [3.05, 3.63) is 77.4 Å². The van der Waals surface area contributed by atoms with E-state index < -0.39 is 11.3 Å². The molecule has 1 fully saturated rings. The fourth-order valence-electron chi connectivity index (χ4n) is 5.15. The Morgan fingerprint density at radius 1 is 1.07 bits per heavy atom. The van der Waals surface area contributed by atoms with Gasteiger partial charge in [-0.1, -0.05) is 60.7 Å². The molecule has 3 heteroatoms. The van der Waals surface area contributed by atoms with Gasteiger partial charge in [-0.15, -0.1) is 0 Å². The molecular weight excluding hydrogens is 348 g/mol. The van der Waals surface area contributed by atoms with Gasteiger partial charge in [0.05, 0.1) is 17.9 Å².